The van der Waals surface area contributed by atoms with Gasteiger partial charge in [-0.1, -0.05) is 25.6 Å². The molecule has 19 heavy (non-hydrogen) atoms. The first-order valence-electron chi connectivity index (χ1n) is 7.22. The highest BCUT2D eigenvalue weighted by Gasteiger charge is 2.21. The summed E-state index contributed by atoms with van der Waals surface area (Å²) in [6.45, 7) is 8.72. The maximum absolute atomic E-state index is 4.35. The van der Waals surface area contributed by atoms with Crippen molar-refractivity contribution in [2.45, 2.75) is 44.4 Å². The average Bonchev–Trinajstić information content (AvgIpc) is 2.88. The molecular formula is C14H24N4S. The molecule has 1 saturated heterocycles. The molecule has 2 rings (SSSR count). The van der Waals surface area contributed by atoms with E-state index in [0.717, 1.165) is 24.0 Å². The van der Waals surface area contributed by atoms with Gasteiger partial charge in [-0.15, -0.1) is 0 Å². The van der Waals surface area contributed by atoms with Gasteiger partial charge in [0.25, 0.3) is 0 Å². The zero-order valence-corrected chi connectivity index (χ0v) is 12.7. The van der Waals surface area contributed by atoms with Gasteiger partial charge in [0.2, 0.25) is 0 Å². The predicted octanol–water partition coefficient (Wildman–Crippen LogP) is 2.16. The second kappa shape index (κ2) is 7.82. The van der Waals surface area contributed by atoms with Gasteiger partial charge in [-0.05, 0) is 31.7 Å². The minimum atomic E-state index is 0.709. The third kappa shape index (κ3) is 4.44. The van der Waals surface area contributed by atoms with Gasteiger partial charge >= 0.3 is 0 Å². The van der Waals surface area contributed by atoms with Crippen LogP contribution in [0.2, 0.25) is 0 Å². The Balaban J connectivity index is 1.73. The Morgan fingerprint density at radius 3 is 2.84 bits per heavy atom. The molecule has 0 unspecified atom stereocenters. The minimum Gasteiger partial charge on any atom is -0.311 e. The monoisotopic (exact) mass is 280 g/mol. The number of aromatic nitrogens is 2. The quantitative estimate of drug-likeness (QED) is 0.612. The Morgan fingerprint density at radius 2 is 2.16 bits per heavy atom. The summed E-state index contributed by atoms with van der Waals surface area (Å²) in [5, 5.41) is 4.41. The van der Waals surface area contributed by atoms with E-state index >= 15 is 0 Å². The molecule has 0 radical (unpaired) electrons. The van der Waals surface area contributed by atoms with Gasteiger partial charge in [0.1, 0.15) is 0 Å². The lowest BCUT2D eigenvalue weighted by molar-refractivity contribution is 0.260. The molecule has 1 aliphatic heterocycles. The summed E-state index contributed by atoms with van der Waals surface area (Å²) in [6, 6.07) is 0.709. The van der Waals surface area contributed by atoms with E-state index in [1.807, 2.05) is 12.4 Å². The van der Waals surface area contributed by atoms with E-state index in [4.69, 9.17) is 0 Å². The van der Waals surface area contributed by atoms with Crippen molar-refractivity contribution in [2.24, 2.45) is 0 Å². The molecule has 1 N–H and O–H groups in total. The van der Waals surface area contributed by atoms with Crippen LogP contribution >= 0.6 is 11.8 Å². The number of hydrogen-bond donors (Lipinski definition) is 1. The third-order valence-corrected chi connectivity index (χ3v) is 4.33. The molecule has 5 heteroatoms. The zero-order valence-electron chi connectivity index (χ0n) is 11.9. The first-order chi connectivity index (χ1) is 9.33. The lowest BCUT2D eigenvalue weighted by atomic mass is 10.2. The molecule has 2 heterocycles. The summed E-state index contributed by atoms with van der Waals surface area (Å²) < 4.78 is 0. The lowest BCUT2D eigenvalue weighted by Gasteiger charge is -2.22. The van der Waals surface area contributed by atoms with Crippen molar-refractivity contribution in [3.63, 3.8) is 0 Å². The number of thioether (sulfide) groups is 1. The molecule has 0 spiro atoms. The number of likely N-dealkylation sites (N-methyl/N-ethyl adjacent to an activating group) is 1. The van der Waals surface area contributed by atoms with Crippen molar-refractivity contribution in [1.82, 2.24) is 20.2 Å². The summed E-state index contributed by atoms with van der Waals surface area (Å²) in [5.41, 5.74) is 1.17. The fourth-order valence-electron chi connectivity index (χ4n) is 2.56. The van der Waals surface area contributed by atoms with Crippen LogP contribution < -0.4 is 5.32 Å². The van der Waals surface area contributed by atoms with Crippen molar-refractivity contribution in [1.29, 1.82) is 0 Å². The van der Waals surface area contributed by atoms with Crippen LogP contribution in [0.3, 0.4) is 0 Å². The Labute approximate surface area is 120 Å². The normalized spacial score (nSPS) is 20.0. The standard InChI is InChI=1S/C14H24N4S/c1-3-18-7-5-6-13(18)11-15-8-12-9-16-14(17-10-12)19-4-2/h9-10,13,15H,3-8,11H2,1-2H3/t13-/m0/s1. The summed E-state index contributed by atoms with van der Waals surface area (Å²) in [6.07, 6.45) is 6.53. The van der Waals surface area contributed by atoms with Crippen molar-refractivity contribution in [2.75, 3.05) is 25.4 Å². The second-order valence-electron chi connectivity index (χ2n) is 4.86. The van der Waals surface area contributed by atoms with Crippen LogP contribution in [-0.2, 0) is 6.54 Å². The SMILES string of the molecule is CCSc1ncc(CNC[C@@H]2CCCN2CC)cn1. The molecule has 1 fully saturated rings. The van der Waals surface area contributed by atoms with E-state index in [-0.39, 0.29) is 0 Å². The fourth-order valence-corrected chi connectivity index (χ4v) is 3.08. The molecule has 0 aliphatic carbocycles. The van der Waals surface area contributed by atoms with Crippen molar-refractivity contribution in [3.8, 4) is 0 Å². The summed E-state index contributed by atoms with van der Waals surface area (Å²) >= 11 is 1.68. The van der Waals surface area contributed by atoms with Crippen LogP contribution in [-0.4, -0.2) is 46.3 Å². The molecule has 0 bridgehead atoms. The van der Waals surface area contributed by atoms with Crippen LogP contribution in [0.15, 0.2) is 17.6 Å². The molecule has 1 atom stereocenters. The lowest BCUT2D eigenvalue weighted by Crippen LogP contribution is -2.37. The Kier molecular flexibility index (Phi) is 6.07. The number of nitrogens with zero attached hydrogens (tertiary/aromatic N) is 3. The van der Waals surface area contributed by atoms with Gasteiger partial charge in [-0.25, -0.2) is 9.97 Å². The van der Waals surface area contributed by atoms with Crippen LogP contribution in [0.25, 0.3) is 0 Å². The van der Waals surface area contributed by atoms with Crippen LogP contribution in [0.1, 0.15) is 32.3 Å². The summed E-state index contributed by atoms with van der Waals surface area (Å²) in [4.78, 5) is 11.3. The topological polar surface area (TPSA) is 41.1 Å². The number of rotatable bonds is 7. The largest absolute Gasteiger partial charge is 0.311 e. The van der Waals surface area contributed by atoms with Gasteiger partial charge in [0.05, 0.1) is 0 Å². The summed E-state index contributed by atoms with van der Waals surface area (Å²) in [5.74, 6) is 1.02. The second-order valence-corrected chi connectivity index (χ2v) is 6.09. The smallest absolute Gasteiger partial charge is 0.187 e. The number of nitrogens with one attached hydrogen (secondary N) is 1. The maximum atomic E-state index is 4.35. The molecular weight excluding hydrogens is 256 g/mol. The van der Waals surface area contributed by atoms with E-state index in [1.165, 1.54) is 31.5 Å². The van der Waals surface area contributed by atoms with Crippen molar-refractivity contribution in [3.05, 3.63) is 18.0 Å². The number of likely N-dealkylation sites (tertiary alicyclic amines) is 1. The van der Waals surface area contributed by atoms with Gasteiger partial charge in [-0.3, -0.25) is 4.90 Å². The summed E-state index contributed by atoms with van der Waals surface area (Å²) in [7, 11) is 0. The Hall–Kier alpha value is -0.650. The fraction of sp³-hybridized carbons (Fsp3) is 0.714. The van der Waals surface area contributed by atoms with Crippen molar-refractivity contribution < 1.29 is 0 Å². The molecule has 1 aromatic heterocycles. The first-order valence-corrected chi connectivity index (χ1v) is 8.20. The van der Waals surface area contributed by atoms with Gasteiger partial charge < -0.3 is 5.32 Å². The minimum absolute atomic E-state index is 0.709. The Bertz CT molecular complexity index is 368. The highest BCUT2D eigenvalue weighted by Crippen LogP contribution is 2.15. The van der Waals surface area contributed by atoms with Gasteiger partial charge in [0, 0.05) is 37.1 Å². The van der Waals surface area contributed by atoms with Crippen LogP contribution in [0.4, 0.5) is 0 Å². The molecule has 0 amide bonds. The molecule has 4 nitrogen and oxygen atoms in total. The number of hydrogen-bond acceptors (Lipinski definition) is 5. The highest BCUT2D eigenvalue weighted by molar-refractivity contribution is 7.99. The molecule has 106 valence electrons. The van der Waals surface area contributed by atoms with E-state index in [1.54, 1.807) is 11.8 Å². The molecule has 1 aromatic rings. The molecule has 0 saturated carbocycles. The van der Waals surface area contributed by atoms with E-state index < -0.39 is 0 Å². The Morgan fingerprint density at radius 1 is 1.37 bits per heavy atom. The van der Waals surface area contributed by atoms with E-state index in [9.17, 15) is 0 Å². The van der Waals surface area contributed by atoms with E-state index in [2.05, 4.69) is 34.0 Å². The van der Waals surface area contributed by atoms with Gasteiger partial charge in [0.15, 0.2) is 5.16 Å². The van der Waals surface area contributed by atoms with Crippen molar-refractivity contribution >= 4 is 11.8 Å². The molecule has 1 aliphatic rings. The molecule has 0 aromatic carbocycles. The third-order valence-electron chi connectivity index (χ3n) is 3.57. The van der Waals surface area contributed by atoms with Crippen LogP contribution in [0, 0.1) is 0 Å². The first kappa shape index (κ1) is 14.8. The zero-order chi connectivity index (χ0) is 13.5. The average molecular weight is 280 g/mol. The van der Waals surface area contributed by atoms with Crippen LogP contribution in [0.5, 0.6) is 0 Å². The van der Waals surface area contributed by atoms with E-state index in [0.29, 0.717) is 6.04 Å². The highest BCUT2D eigenvalue weighted by atomic mass is 32.2. The maximum Gasteiger partial charge on any atom is 0.187 e. The predicted molar refractivity (Wildman–Crippen MR) is 80.4 cm³/mol. The van der Waals surface area contributed by atoms with Gasteiger partial charge in [-0.2, -0.15) is 0 Å².